The Balaban J connectivity index is 1.66. The second kappa shape index (κ2) is 8.26. The molecule has 0 saturated carbocycles. The third-order valence-corrected chi connectivity index (χ3v) is 5.22. The van der Waals surface area contributed by atoms with Gasteiger partial charge in [-0.25, -0.2) is 0 Å². The number of nitrogens with zero attached hydrogens (tertiary/aromatic N) is 1. The number of hydrogen-bond acceptors (Lipinski definition) is 3. The van der Waals surface area contributed by atoms with E-state index >= 15 is 0 Å². The number of nitrogens with one attached hydrogen (secondary N) is 2. The molecular formula is C21H27N3O. The molecule has 0 bridgehead atoms. The van der Waals surface area contributed by atoms with Gasteiger partial charge in [0.2, 0.25) is 5.91 Å². The van der Waals surface area contributed by atoms with Crippen molar-refractivity contribution in [3.63, 3.8) is 0 Å². The molecule has 2 N–H and O–H groups in total. The van der Waals surface area contributed by atoms with E-state index < -0.39 is 0 Å². The van der Waals surface area contributed by atoms with Crippen molar-refractivity contribution in [1.82, 2.24) is 10.3 Å². The fraction of sp³-hybridized carbons (Fsp3) is 0.429. The second-order valence-electron chi connectivity index (χ2n) is 7.08. The first-order valence-corrected chi connectivity index (χ1v) is 9.15. The topological polar surface area (TPSA) is 54.0 Å². The van der Waals surface area contributed by atoms with Crippen LogP contribution in [0.2, 0.25) is 0 Å². The van der Waals surface area contributed by atoms with Crippen LogP contribution in [0.4, 0.5) is 5.69 Å². The molecule has 4 nitrogen and oxygen atoms in total. The maximum atomic E-state index is 12.5. The van der Waals surface area contributed by atoms with E-state index in [-0.39, 0.29) is 5.91 Å². The minimum absolute atomic E-state index is 0.112. The smallest absolute Gasteiger partial charge is 0.224 e. The molecule has 1 saturated heterocycles. The number of rotatable bonds is 5. The zero-order valence-electron chi connectivity index (χ0n) is 15.1. The molecule has 0 spiro atoms. The summed E-state index contributed by atoms with van der Waals surface area (Å²) in [5.74, 6) is 1.18. The molecule has 1 aromatic carbocycles. The molecule has 1 aliphatic rings. The highest BCUT2D eigenvalue weighted by atomic mass is 16.1. The first kappa shape index (κ1) is 17.6. The van der Waals surface area contributed by atoms with Crippen molar-refractivity contribution < 1.29 is 4.79 Å². The van der Waals surface area contributed by atoms with Crippen LogP contribution >= 0.6 is 0 Å². The molecule has 25 heavy (non-hydrogen) atoms. The highest BCUT2D eigenvalue weighted by molar-refractivity contribution is 5.92. The Morgan fingerprint density at radius 2 is 1.92 bits per heavy atom. The Hall–Kier alpha value is -2.20. The normalized spacial score (nSPS) is 16.4. The van der Waals surface area contributed by atoms with Gasteiger partial charge in [-0.15, -0.1) is 0 Å². The Kier molecular flexibility index (Phi) is 5.82. The van der Waals surface area contributed by atoms with Gasteiger partial charge in [-0.05, 0) is 79.6 Å². The number of carbonyl (C=O) groups excluding carboxylic acids is 1. The van der Waals surface area contributed by atoms with E-state index in [4.69, 9.17) is 0 Å². The molecule has 3 rings (SSSR count). The summed E-state index contributed by atoms with van der Waals surface area (Å²) in [6.07, 6.45) is 6.50. The van der Waals surface area contributed by atoms with Gasteiger partial charge in [0, 0.05) is 24.5 Å². The molecule has 0 radical (unpaired) electrons. The minimum Gasteiger partial charge on any atom is -0.326 e. The molecule has 2 heterocycles. The number of aromatic nitrogens is 1. The van der Waals surface area contributed by atoms with Gasteiger partial charge in [-0.1, -0.05) is 19.1 Å². The lowest BCUT2D eigenvalue weighted by Crippen LogP contribution is -2.32. The third-order valence-electron chi connectivity index (χ3n) is 5.22. The molecule has 132 valence electrons. The number of piperidine rings is 1. The predicted molar refractivity (Wildman–Crippen MR) is 102 cm³/mol. The zero-order chi connectivity index (χ0) is 17.6. The van der Waals surface area contributed by atoms with Crippen molar-refractivity contribution in [2.45, 2.75) is 33.1 Å². The fourth-order valence-corrected chi connectivity index (χ4v) is 3.55. The SMILES string of the molecule is Cc1ccc(-c2ccncc2)cc1NC(=O)CC(C)C1CCNCC1. The van der Waals surface area contributed by atoms with Crippen LogP contribution in [0.3, 0.4) is 0 Å². The van der Waals surface area contributed by atoms with E-state index in [9.17, 15) is 4.79 Å². The van der Waals surface area contributed by atoms with Crippen molar-refractivity contribution in [1.29, 1.82) is 0 Å². The lowest BCUT2D eigenvalue weighted by molar-refractivity contribution is -0.117. The molecule has 4 heteroatoms. The van der Waals surface area contributed by atoms with Gasteiger partial charge >= 0.3 is 0 Å². The number of pyridine rings is 1. The van der Waals surface area contributed by atoms with Crippen molar-refractivity contribution in [2.75, 3.05) is 18.4 Å². The third kappa shape index (κ3) is 4.67. The van der Waals surface area contributed by atoms with Gasteiger partial charge in [0.25, 0.3) is 0 Å². The van der Waals surface area contributed by atoms with Crippen LogP contribution in [0.25, 0.3) is 11.1 Å². The molecule has 1 unspecified atom stereocenters. The summed E-state index contributed by atoms with van der Waals surface area (Å²) in [7, 11) is 0. The molecule has 1 amide bonds. The van der Waals surface area contributed by atoms with Crippen LogP contribution in [0.5, 0.6) is 0 Å². The minimum atomic E-state index is 0.112. The van der Waals surface area contributed by atoms with Crippen molar-refractivity contribution in [3.8, 4) is 11.1 Å². The van der Waals surface area contributed by atoms with E-state index in [0.29, 0.717) is 18.3 Å². The summed E-state index contributed by atoms with van der Waals surface area (Å²) in [6.45, 7) is 6.38. The quantitative estimate of drug-likeness (QED) is 0.866. The van der Waals surface area contributed by atoms with E-state index in [2.05, 4.69) is 40.7 Å². The van der Waals surface area contributed by atoms with E-state index in [1.165, 1.54) is 12.8 Å². The Morgan fingerprint density at radius 3 is 2.64 bits per heavy atom. The summed E-state index contributed by atoms with van der Waals surface area (Å²) >= 11 is 0. The van der Waals surface area contributed by atoms with E-state index in [1.54, 1.807) is 12.4 Å². The Morgan fingerprint density at radius 1 is 1.20 bits per heavy atom. The largest absolute Gasteiger partial charge is 0.326 e. The summed E-state index contributed by atoms with van der Waals surface area (Å²) in [5, 5.41) is 6.51. The summed E-state index contributed by atoms with van der Waals surface area (Å²) in [4.78, 5) is 16.6. The van der Waals surface area contributed by atoms with Gasteiger partial charge in [0.05, 0.1) is 0 Å². The summed E-state index contributed by atoms with van der Waals surface area (Å²) in [6, 6.07) is 10.2. The van der Waals surface area contributed by atoms with Gasteiger partial charge < -0.3 is 10.6 Å². The van der Waals surface area contributed by atoms with Crippen LogP contribution in [0, 0.1) is 18.8 Å². The number of aryl methyl sites for hydroxylation is 1. The monoisotopic (exact) mass is 337 g/mol. The molecule has 1 aliphatic heterocycles. The average Bonchev–Trinajstić information content (AvgIpc) is 2.65. The first-order chi connectivity index (χ1) is 12.1. The Labute approximate surface area is 150 Å². The van der Waals surface area contributed by atoms with E-state index in [0.717, 1.165) is 35.5 Å². The fourth-order valence-electron chi connectivity index (χ4n) is 3.55. The molecule has 0 aliphatic carbocycles. The number of carbonyl (C=O) groups is 1. The molecule has 1 fully saturated rings. The average molecular weight is 337 g/mol. The molecular weight excluding hydrogens is 310 g/mol. The van der Waals surface area contributed by atoms with Crippen LogP contribution in [-0.4, -0.2) is 24.0 Å². The maximum Gasteiger partial charge on any atom is 0.224 e. The highest BCUT2D eigenvalue weighted by Crippen LogP contribution is 2.27. The van der Waals surface area contributed by atoms with E-state index in [1.807, 2.05) is 19.1 Å². The second-order valence-corrected chi connectivity index (χ2v) is 7.08. The maximum absolute atomic E-state index is 12.5. The lowest BCUT2D eigenvalue weighted by atomic mass is 9.84. The molecule has 1 atom stereocenters. The van der Waals surface area contributed by atoms with Crippen LogP contribution in [0.15, 0.2) is 42.7 Å². The first-order valence-electron chi connectivity index (χ1n) is 9.15. The van der Waals surface area contributed by atoms with Crippen LogP contribution in [-0.2, 0) is 4.79 Å². The summed E-state index contributed by atoms with van der Waals surface area (Å²) in [5.41, 5.74) is 4.18. The van der Waals surface area contributed by atoms with Gasteiger partial charge in [0.15, 0.2) is 0 Å². The number of anilines is 1. The van der Waals surface area contributed by atoms with Crippen LogP contribution in [0.1, 0.15) is 31.7 Å². The molecule has 1 aromatic heterocycles. The van der Waals surface area contributed by atoms with Crippen molar-refractivity contribution in [3.05, 3.63) is 48.3 Å². The number of hydrogen-bond donors (Lipinski definition) is 2. The lowest BCUT2D eigenvalue weighted by Gasteiger charge is -2.28. The Bertz CT molecular complexity index is 708. The standard InChI is InChI=1S/C21H27N3O/c1-15-3-4-19(18-7-11-23-12-8-18)14-20(15)24-21(25)13-16(2)17-5-9-22-10-6-17/h3-4,7-8,11-12,14,16-17,22H,5-6,9-10,13H2,1-2H3,(H,24,25). The molecule has 2 aromatic rings. The predicted octanol–water partition coefficient (Wildman–Crippen LogP) is 4.02. The highest BCUT2D eigenvalue weighted by Gasteiger charge is 2.22. The van der Waals surface area contributed by atoms with Crippen molar-refractivity contribution in [2.24, 2.45) is 11.8 Å². The zero-order valence-corrected chi connectivity index (χ0v) is 15.1. The van der Waals surface area contributed by atoms with Crippen molar-refractivity contribution >= 4 is 11.6 Å². The summed E-state index contributed by atoms with van der Waals surface area (Å²) < 4.78 is 0. The van der Waals surface area contributed by atoms with Gasteiger partial charge in [-0.3, -0.25) is 9.78 Å². The number of benzene rings is 1. The van der Waals surface area contributed by atoms with Crippen LogP contribution < -0.4 is 10.6 Å². The van der Waals surface area contributed by atoms with Gasteiger partial charge in [-0.2, -0.15) is 0 Å². The number of amides is 1. The van der Waals surface area contributed by atoms with Gasteiger partial charge in [0.1, 0.15) is 0 Å².